The van der Waals surface area contributed by atoms with E-state index < -0.39 is 22.5 Å². The van der Waals surface area contributed by atoms with E-state index in [9.17, 15) is 24.8 Å². The van der Waals surface area contributed by atoms with Gasteiger partial charge in [-0.3, -0.25) is 14.9 Å². The van der Waals surface area contributed by atoms with Crippen LogP contribution in [0.25, 0.3) is 0 Å². The highest BCUT2D eigenvalue weighted by molar-refractivity contribution is 6.09. The number of phenols is 1. The molecule has 0 atom stereocenters. The van der Waals surface area contributed by atoms with Gasteiger partial charge in [-0.05, 0) is 37.1 Å². The number of carbonyl (C=O) groups is 2. The molecule has 1 saturated heterocycles. The average Bonchev–Trinajstić information content (AvgIpc) is 3.17. The number of benzene rings is 2. The number of amides is 1. The van der Waals surface area contributed by atoms with Crippen molar-refractivity contribution in [3.05, 3.63) is 57.6 Å². The fourth-order valence-electron chi connectivity index (χ4n) is 3.04. The van der Waals surface area contributed by atoms with E-state index in [4.69, 9.17) is 5.11 Å². The fourth-order valence-corrected chi connectivity index (χ4v) is 3.04. The number of aromatic hydroxyl groups is 1. The van der Waals surface area contributed by atoms with Crippen molar-refractivity contribution in [1.29, 1.82) is 0 Å². The van der Waals surface area contributed by atoms with Gasteiger partial charge in [0.1, 0.15) is 11.3 Å². The van der Waals surface area contributed by atoms with E-state index in [1.165, 1.54) is 18.2 Å². The number of rotatable bonds is 5. The van der Waals surface area contributed by atoms with Crippen molar-refractivity contribution in [1.82, 2.24) is 0 Å². The summed E-state index contributed by atoms with van der Waals surface area (Å²) in [6.07, 6.45) is 1.94. The number of carbonyl (C=O) groups excluding carboxylic acids is 1. The minimum Gasteiger partial charge on any atom is -0.507 e. The van der Waals surface area contributed by atoms with Gasteiger partial charge in [-0.1, -0.05) is 0 Å². The minimum absolute atomic E-state index is 0.135. The second-order valence-corrected chi connectivity index (χ2v) is 6.14. The maximum atomic E-state index is 12.8. The summed E-state index contributed by atoms with van der Waals surface area (Å²) < 4.78 is 0. The van der Waals surface area contributed by atoms with Gasteiger partial charge in [0.15, 0.2) is 0 Å². The Hall–Kier alpha value is -3.62. The second kappa shape index (κ2) is 7.32. The third-order valence-electron chi connectivity index (χ3n) is 4.37. The van der Waals surface area contributed by atoms with Gasteiger partial charge in [-0.2, -0.15) is 0 Å². The number of carboxylic acid groups (broad SMARTS) is 1. The SMILES string of the molecule is O=C(O)c1cc(NC(=O)c2cc([N+](=O)[O-])ccc2N2CCCC2)ccc1O. The van der Waals surface area contributed by atoms with Crippen LogP contribution < -0.4 is 10.2 Å². The minimum atomic E-state index is -1.34. The molecule has 0 unspecified atom stereocenters. The molecule has 2 aromatic carbocycles. The van der Waals surface area contributed by atoms with E-state index >= 15 is 0 Å². The van der Waals surface area contributed by atoms with Crippen molar-refractivity contribution >= 4 is 28.9 Å². The predicted molar refractivity (Wildman–Crippen MR) is 97.6 cm³/mol. The molecule has 0 saturated carbocycles. The molecule has 2 aromatic rings. The molecular formula is C18H17N3O6. The highest BCUT2D eigenvalue weighted by Gasteiger charge is 2.23. The number of hydrogen-bond donors (Lipinski definition) is 3. The maximum absolute atomic E-state index is 12.8. The summed E-state index contributed by atoms with van der Waals surface area (Å²) >= 11 is 0. The molecule has 1 aliphatic heterocycles. The van der Waals surface area contributed by atoms with Gasteiger partial charge in [0.05, 0.1) is 16.2 Å². The van der Waals surface area contributed by atoms with Crippen molar-refractivity contribution in [3.8, 4) is 5.75 Å². The Morgan fingerprint density at radius 2 is 1.78 bits per heavy atom. The summed E-state index contributed by atoms with van der Waals surface area (Å²) in [7, 11) is 0. The van der Waals surface area contributed by atoms with Crippen LogP contribution in [-0.4, -0.2) is 40.1 Å². The van der Waals surface area contributed by atoms with Crippen LogP contribution in [0.5, 0.6) is 5.75 Å². The Balaban J connectivity index is 1.95. The monoisotopic (exact) mass is 371 g/mol. The van der Waals surface area contributed by atoms with Crippen LogP contribution in [0.1, 0.15) is 33.6 Å². The topological polar surface area (TPSA) is 133 Å². The highest BCUT2D eigenvalue weighted by atomic mass is 16.6. The normalized spacial score (nSPS) is 13.4. The number of nitrogens with one attached hydrogen (secondary N) is 1. The van der Waals surface area contributed by atoms with Crippen molar-refractivity contribution < 1.29 is 24.7 Å². The third kappa shape index (κ3) is 3.81. The molecule has 140 valence electrons. The first-order valence-electron chi connectivity index (χ1n) is 8.28. The van der Waals surface area contributed by atoms with Gasteiger partial charge in [0.25, 0.3) is 11.6 Å². The number of anilines is 2. The maximum Gasteiger partial charge on any atom is 0.339 e. The summed E-state index contributed by atoms with van der Waals surface area (Å²) in [5.41, 5.74) is 0.324. The number of nitrogens with zero attached hydrogens (tertiary/aromatic N) is 2. The Morgan fingerprint density at radius 3 is 2.41 bits per heavy atom. The van der Waals surface area contributed by atoms with Crippen LogP contribution in [0, 0.1) is 10.1 Å². The van der Waals surface area contributed by atoms with Crippen molar-refractivity contribution in [2.75, 3.05) is 23.3 Å². The van der Waals surface area contributed by atoms with Gasteiger partial charge >= 0.3 is 5.97 Å². The average molecular weight is 371 g/mol. The molecule has 0 radical (unpaired) electrons. The molecule has 1 heterocycles. The van der Waals surface area contributed by atoms with Crippen LogP contribution >= 0.6 is 0 Å². The van der Waals surface area contributed by atoms with Crippen LogP contribution in [0.15, 0.2) is 36.4 Å². The zero-order valence-corrected chi connectivity index (χ0v) is 14.2. The zero-order chi connectivity index (χ0) is 19.6. The molecule has 9 nitrogen and oxygen atoms in total. The summed E-state index contributed by atoms with van der Waals surface area (Å²) in [6.45, 7) is 1.50. The van der Waals surface area contributed by atoms with Gasteiger partial charge < -0.3 is 20.4 Å². The van der Waals surface area contributed by atoms with Gasteiger partial charge in [0, 0.05) is 30.9 Å². The van der Waals surface area contributed by atoms with E-state index in [1.807, 2.05) is 4.90 Å². The summed E-state index contributed by atoms with van der Waals surface area (Å²) in [5.74, 6) is -2.35. The summed E-state index contributed by atoms with van der Waals surface area (Å²) in [5, 5.41) is 32.3. The molecule has 9 heteroatoms. The van der Waals surface area contributed by atoms with E-state index in [1.54, 1.807) is 6.07 Å². The lowest BCUT2D eigenvalue weighted by molar-refractivity contribution is -0.384. The molecule has 3 rings (SSSR count). The molecule has 0 spiro atoms. The fraction of sp³-hybridized carbons (Fsp3) is 0.222. The lowest BCUT2D eigenvalue weighted by Crippen LogP contribution is -2.23. The molecular weight excluding hydrogens is 354 g/mol. The van der Waals surface area contributed by atoms with Crippen molar-refractivity contribution in [3.63, 3.8) is 0 Å². The zero-order valence-electron chi connectivity index (χ0n) is 14.2. The first kappa shape index (κ1) is 18.2. The molecule has 1 fully saturated rings. The molecule has 0 aliphatic carbocycles. The van der Waals surface area contributed by atoms with E-state index in [0.29, 0.717) is 5.69 Å². The largest absolute Gasteiger partial charge is 0.507 e. The highest BCUT2D eigenvalue weighted by Crippen LogP contribution is 2.29. The molecule has 1 aliphatic rings. The van der Waals surface area contributed by atoms with Crippen LogP contribution in [0.4, 0.5) is 17.1 Å². The standard InChI is InChI=1S/C18H17N3O6/c22-16-6-3-11(9-14(16)18(24)25)19-17(23)13-10-12(21(26)27)4-5-15(13)20-7-1-2-8-20/h3-6,9-10,22H,1-2,7-8H2,(H,19,23)(H,24,25). The number of nitro groups is 1. The molecule has 0 bridgehead atoms. The van der Waals surface area contributed by atoms with Crippen LogP contribution in [0.3, 0.4) is 0 Å². The van der Waals surface area contributed by atoms with Gasteiger partial charge in [0.2, 0.25) is 0 Å². The first-order valence-corrected chi connectivity index (χ1v) is 8.28. The Bertz CT molecular complexity index is 921. The number of nitro benzene ring substituents is 1. The predicted octanol–water partition coefficient (Wildman–Crippen LogP) is 2.85. The van der Waals surface area contributed by atoms with Crippen molar-refractivity contribution in [2.24, 2.45) is 0 Å². The quantitative estimate of drug-likeness (QED) is 0.418. The first-order chi connectivity index (χ1) is 12.9. The van der Waals surface area contributed by atoms with E-state index in [0.717, 1.165) is 38.1 Å². The van der Waals surface area contributed by atoms with Gasteiger partial charge in [-0.25, -0.2) is 4.79 Å². The third-order valence-corrected chi connectivity index (χ3v) is 4.37. The Morgan fingerprint density at radius 1 is 1.07 bits per heavy atom. The summed E-state index contributed by atoms with van der Waals surface area (Å²) in [4.78, 5) is 36.4. The Kier molecular flexibility index (Phi) is 4.93. The molecule has 3 N–H and O–H groups in total. The number of hydrogen-bond acceptors (Lipinski definition) is 6. The number of non-ortho nitro benzene ring substituents is 1. The van der Waals surface area contributed by atoms with Gasteiger partial charge in [-0.15, -0.1) is 0 Å². The summed E-state index contributed by atoms with van der Waals surface area (Å²) in [6, 6.07) is 7.76. The second-order valence-electron chi connectivity index (χ2n) is 6.14. The van der Waals surface area contributed by atoms with Crippen molar-refractivity contribution in [2.45, 2.75) is 12.8 Å². The molecule has 1 amide bonds. The van der Waals surface area contributed by atoms with Crippen LogP contribution in [0.2, 0.25) is 0 Å². The van der Waals surface area contributed by atoms with E-state index in [2.05, 4.69) is 5.32 Å². The molecule has 0 aromatic heterocycles. The van der Waals surface area contributed by atoms with Crippen LogP contribution in [-0.2, 0) is 0 Å². The Labute approximate surface area is 154 Å². The number of aromatic carboxylic acids is 1. The van der Waals surface area contributed by atoms with E-state index in [-0.39, 0.29) is 22.5 Å². The lowest BCUT2D eigenvalue weighted by Gasteiger charge is -2.21. The molecule has 27 heavy (non-hydrogen) atoms. The number of carboxylic acids is 1. The smallest absolute Gasteiger partial charge is 0.339 e. The lowest BCUT2D eigenvalue weighted by atomic mass is 10.1.